The molecule has 0 unspecified atom stereocenters. The van der Waals surface area contributed by atoms with Crippen LogP contribution in [-0.4, -0.2) is 64.4 Å². The number of hydrogen-bond donors (Lipinski definition) is 2. The maximum atomic E-state index is 12.7. The SMILES string of the molecule is Cc1ccsc1C(=O)N1CCN(c2ccc(C(=O)NCCc3cnc[nH]3)cn2)CC1. The summed E-state index contributed by atoms with van der Waals surface area (Å²) < 4.78 is 0. The highest BCUT2D eigenvalue weighted by molar-refractivity contribution is 7.12. The van der Waals surface area contributed by atoms with Crippen LogP contribution in [0.4, 0.5) is 5.82 Å². The summed E-state index contributed by atoms with van der Waals surface area (Å²) in [5.74, 6) is 0.788. The molecule has 3 aromatic rings. The van der Waals surface area contributed by atoms with E-state index in [9.17, 15) is 9.59 Å². The lowest BCUT2D eigenvalue weighted by Crippen LogP contribution is -2.49. The first-order valence-electron chi connectivity index (χ1n) is 9.91. The number of carbonyl (C=O) groups is 2. The largest absolute Gasteiger partial charge is 0.353 e. The van der Waals surface area contributed by atoms with Crippen molar-refractivity contribution in [2.75, 3.05) is 37.6 Å². The Balaban J connectivity index is 1.28. The van der Waals surface area contributed by atoms with Crippen molar-refractivity contribution in [1.82, 2.24) is 25.2 Å². The third-order valence-corrected chi connectivity index (χ3v) is 6.20. The Morgan fingerprint density at radius 1 is 1.17 bits per heavy atom. The van der Waals surface area contributed by atoms with E-state index >= 15 is 0 Å². The second-order valence-electron chi connectivity index (χ2n) is 7.20. The minimum absolute atomic E-state index is 0.109. The van der Waals surface area contributed by atoms with Crippen molar-refractivity contribution in [2.45, 2.75) is 13.3 Å². The van der Waals surface area contributed by atoms with Gasteiger partial charge in [-0.05, 0) is 36.1 Å². The van der Waals surface area contributed by atoms with Crippen molar-refractivity contribution in [3.8, 4) is 0 Å². The number of pyridine rings is 1. The van der Waals surface area contributed by atoms with Crippen LogP contribution in [-0.2, 0) is 6.42 Å². The van der Waals surface area contributed by atoms with Crippen molar-refractivity contribution in [3.63, 3.8) is 0 Å². The molecule has 1 aliphatic heterocycles. The zero-order valence-corrected chi connectivity index (χ0v) is 17.6. The first kappa shape index (κ1) is 20.1. The molecule has 0 atom stereocenters. The Kier molecular flexibility index (Phi) is 6.08. The van der Waals surface area contributed by atoms with Gasteiger partial charge in [0.25, 0.3) is 11.8 Å². The fraction of sp³-hybridized carbons (Fsp3) is 0.333. The van der Waals surface area contributed by atoms with E-state index < -0.39 is 0 Å². The highest BCUT2D eigenvalue weighted by Gasteiger charge is 2.24. The lowest BCUT2D eigenvalue weighted by molar-refractivity contribution is 0.0750. The third kappa shape index (κ3) is 4.51. The van der Waals surface area contributed by atoms with Crippen LogP contribution < -0.4 is 10.2 Å². The molecule has 0 radical (unpaired) electrons. The molecular weight excluding hydrogens is 400 g/mol. The number of carbonyl (C=O) groups excluding carboxylic acids is 2. The van der Waals surface area contributed by atoms with E-state index in [1.165, 1.54) is 11.3 Å². The van der Waals surface area contributed by atoms with Crippen molar-refractivity contribution in [2.24, 2.45) is 0 Å². The van der Waals surface area contributed by atoms with Crippen LogP contribution in [0.1, 0.15) is 31.3 Å². The molecule has 8 nitrogen and oxygen atoms in total. The van der Waals surface area contributed by atoms with Crippen molar-refractivity contribution in [3.05, 3.63) is 64.0 Å². The molecule has 3 aromatic heterocycles. The van der Waals surface area contributed by atoms with E-state index in [4.69, 9.17) is 0 Å². The van der Waals surface area contributed by atoms with Gasteiger partial charge >= 0.3 is 0 Å². The third-order valence-electron chi connectivity index (χ3n) is 5.19. The lowest BCUT2D eigenvalue weighted by Gasteiger charge is -2.35. The highest BCUT2D eigenvalue weighted by atomic mass is 32.1. The van der Waals surface area contributed by atoms with Crippen molar-refractivity contribution < 1.29 is 9.59 Å². The predicted octanol–water partition coefficient (Wildman–Crippen LogP) is 2.11. The van der Waals surface area contributed by atoms with Gasteiger partial charge in [-0.15, -0.1) is 11.3 Å². The van der Waals surface area contributed by atoms with Crippen LogP contribution in [0.2, 0.25) is 0 Å². The molecule has 0 bridgehead atoms. The Morgan fingerprint density at radius 3 is 2.63 bits per heavy atom. The van der Waals surface area contributed by atoms with Gasteiger partial charge in [-0.2, -0.15) is 0 Å². The standard InChI is InChI=1S/C21H24N6O2S/c1-15-5-11-30-19(15)21(29)27-9-7-26(8-10-27)18-3-2-16(12-24-18)20(28)23-6-4-17-13-22-14-25-17/h2-3,5,11-14H,4,6-10H2,1H3,(H,22,25)(H,23,28). The van der Waals surface area contributed by atoms with Gasteiger partial charge in [0.15, 0.2) is 0 Å². The topological polar surface area (TPSA) is 94.2 Å². The Labute approximate surface area is 179 Å². The van der Waals surface area contributed by atoms with E-state index in [0.717, 1.165) is 35.0 Å². The fourth-order valence-corrected chi connectivity index (χ4v) is 4.31. The maximum Gasteiger partial charge on any atom is 0.264 e. The van der Waals surface area contributed by atoms with Gasteiger partial charge in [-0.25, -0.2) is 9.97 Å². The molecule has 0 aliphatic carbocycles. The summed E-state index contributed by atoms with van der Waals surface area (Å²) in [5, 5.41) is 4.84. The second kappa shape index (κ2) is 9.08. The number of nitrogens with one attached hydrogen (secondary N) is 2. The fourth-order valence-electron chi connectivity index (χ4n) is 3.42. The molecule has 2 amide bonds. The molecule has 0 spiro atoms. The van der Waals surface area contributed by atoms with E-state index in [1.807, 2.05) is 29.3 Å². The minimum Gasteiger partial charge on any atom is -0.353 e. The van der Waals surface area contributed by atoms with Crippen LogP contribution in [0.5, 0.6) is 0 Å². The summed E-state index contributed by atoms with van der Waals surface area (Å²) in [6.07, 6.45) is 5.68. The number of H-pyrrole nitrogens is 1. The molecule has 9 heteroatoms. The van der Waals surface area contributed by atoms with E-state index in [-0.39, 0.29) is 11.8 Å². The number of thiophene rings is 1. The van der Waals surface area contributed by atoms with Gasteiger partial charge in [0.1, 0.15) is 5.82 Å². The lowest BCUT2D eigenvalue weighted by atomic mass is 10.2. The van der Waals surface area contributed by atoms with E-state index in [1.54, 1.807) is 24.8 Å². The summed E-state index contributed by atoms with van der Waals surface area (Å²) in [4.78, 5) is 41.2. The molecule has 0 aromatic carbocycles. The number of anilines is 1. The van der Waals surface area contributed by atoms with Crippen LogP contribution in [0.25, 0.3) is 0 Å². The average Bonchev–Trinajstić information content (AvgIpc) is 3.45. The predicted molar refractivity (Wildman–Crippen MR) is 116 cm³/mol. The molecule has 4 heterocycles. The Bertz CT molecular complexity index is 991. The first-order chi connectivity index (χ1) is 14.6. The molecule has 2 N–H and O–H groups in total. The van der Waals surface area contributed by atoms with Gasteiger partial charge in [0, 0.05) is 57.2 Å². The molecule has 4 rings (SSSR count). The monoisotopic (exact) mass is 424 g/mol. The number of nitrogens with zero attached hydrogens (tertiary/aromatic N) is 4. The van der Waals surface area contributed by atoms with Crippen LogP contribution in [0.3, 0.4) is 0 Å². The van der Waals surface area contributed by atoms with Gasteiger partial charge in [-0.3, -0.25) is 9.59 Å². The van der Waals surface area contributed by atoms with Gasteiger partial charge in [-0.1, -0.05) is 0 Å². The van der Waals surface area contributed by atoms with Crippen LogP contribution in [0.15, 0.2) is 42.3 Å². The number of aromatic amines is 1. The first-order valence-corrected chi connectivity index (χ1v) is 10.8. The number of hydrogen-bond acceptors (Lipinski definition) is 6. The van der Waals surface area contributed by atoms with Gasteiger partial charge in [0.05, 0.1) is 16.8 Å². The van der Waals surface area contributed by atoms with Gasteiger partial charge < -0.3 is 20.1 Å². The van der Waals surface area contributed by atoms with Crippen molar-refractivity contribution >= 4 is 29.0 Å². The number of imidazole rings is 1. The van der Waals surface area contributed by atoms with Crippen molar-refractivity contribution in [1.29, 1.82) is 0 Å². The molecule has 30 heavy (non-hydrogen) atoms. The Hall–Kier alpha value is -3.20. The molecule has 1 fully saturated rings. The number of aryl methyl sites for hydroxylation is 1. The maximum absolute atomic E-state index is 12.7. The quantitative estimate of drug-likeness (QED) is 0.632. The molecular formula is C21H24N6O2S. The van der Waals surface area contributed by atoms with E-state index in [0.29, 0.717) is 31.6 Å². The summed E-state index contributed by atoms with van der Waals surface area (Å²) in [6.45, 7) is 5.26. The number of amides is 2. The normalized spacial score (nSPS) is 14.0. The second-order valence-corrected chi connectivity index (χ2v) is 8.12. The number of piperazine rings is 1. The summed E-state index contributed by atoms with van der Waals surface area (Å²) in [6, 6.07) is 5.64. The average molecular weight is 425 g/mol. The smallest absolute Gasteiger partial charge is 0.264 e. The molecule has 156 valence electrons. The van der Waals surface area contributed by atoms with Crippen LogP contribution >= 0.6 is 11.3 Å². The Morgan fingerprint density at radius 2 is 2.00 bits per heavy atom. The van der Waals surface area contributed by atoms with E-state index in [2.05, 4.69) is 25.2 Å². The highest BCUT2D eigenvalue weighted by Crippen LogP contribution is 2.20. The number of rotatable bonds is 6. The zero-order chi connectivity index (χ0) is 20.9. The summed E-state index contributed by atoms with van der Waals surface area (Å²) in [7, 11) is 0. The minimum atomic E-state index is -0.143. The molecule has 1 saturated heterocycles. The van der Waals surface area contributed by atoms with Crippen LogP contribution in [0, 0.1) is 6.92 Å². The summed E-state index contributed by atoms with van der Waals surface area (Å²) in [5.41, 5.74) is 2.55. The summed E-state index contributed by atoms with van der Waals surface area (Å²) >= 11 is 1.50. The zero-order valence-electron chi connectivity index (χ0n) is 16.8. The van der Waals surface area contributed by atoms with Gasteiger partial charge in [0.2, 0.25) is 0 Å². The molecule has 1 aliphatic rings. The number of aromatic nitrogens is 3. The molecule has 0 saturated carbocycles.